The Hall–Kier alpha value is -2.38. The average molecular weight is 319 g/mol. The van der Waals surface area contributed by atoms with Gasteiger partial charge in [0.1, 0.15) is 11.8 Å². The normalized spacial score (nSPS) is 24.5. The molecular formula is C15H21N5O3. The van der Waals surface area contributed by atoms with Crippen LogP contribution in [0.5, 0.6) is 5.75 Å². The van der Waals surface area contributed by atoms with Crippen molar-refractivity contribution >= 4 is 17.5 Å². The Kier molecular flexibility index (Phi) is 4.31. The summed E-state index contributed by atoms with van der Waals surface area (Å²) in [4.78, 5) is 23.8. The molecule has 0 bridgehead atoms. The molecule has 0 aromatic carbocycles. The van der Waals surface area contributed by atoms with Crippen LogP contribution in [0.2, 0.25) is 0 Å². The molecule has 124 valence electrons. The van der Waals surface area contributed by atoms with E-state index in [1.807, 2.05) is 13.2 Å². The van der Waals surface area contributed by atoms with Gasteiger partial charge in [0.05, 0.1) is 18.4 Å². The fraction of sp³-hybridized carbons (Fsp3) is 0.600. The number of hydrogen-bond acceptors (Lipinski definition) is 5. The third-order valence-corrected chi connectivity index (χ3v) is 4.21. The topological polar surface area (TPSA) is 88.8 Å². The van der Waals surface area contributed by atoms with Gasteiger partial charge in [0.2, 0.25) is 5.91 Å². The van der Waals surface area contributed by atoms with Crippen LogP contribution in [-0.4, -0.2) is 51.5 Å². The van der Waals surface area contributed by atoms with Crippen LogP contribution in [0.4, 0.5) is 0 Å². The van der Waals surface area contributed by atoms with Crippen molar-refractivity contribution in [3.63, 3.8) is 0 Å². The highest BCUT2D eigenvalue weighted by atomic mass is 16.5. The molecule has 1 aliphatic carbocycles. The summed E-state index contributed by atoms with van der Waals surface area (Å²) in [6.07, 6.45) is 6.89. The lowest BCUT2D eigenvalue weighted by atomic mass is 10.1. The summed E-state index contributed by atoms with van der Waals surface area (Å²) in [5.74, 6) is 0.426. The summed E-state index contributed by atoms with van der Waals surface area (Å²) in [7, 11) is 3.40. The Bertz CT molecular complexity index is 639. The molecule has 1 aliphatic heterocycles. The van der Waals surface area contributed by atoms with E-state index in [9.17, 15) is 9.59 Å². The molecule has 2 atom stereocenters. The largest absolute Gasteiger partial charge is 0.485 e. The van der Waals surface area contributed by atoms with E-state index in [2.05, 4.69) is 15.5 Å². The van der Waals surface area contributed by atoms with E-state index in [1.165, 1.54) is 5.01 Å². The van der Waals surface area contributed by atoms with Crippen LogP contribution in [0, 0.1) is 0 Å². The Labute approximate surface area is 134 Å². The van der Waals surface area contributed by atoms with Gasteiger partial charge in [-0.25, -0.2) is 5.01 Å². The molecule has 0 unspecified atom stereocenters. The minimum Gasteiger partial charge on any atom is -0.485 e. The smallest absolute Gasteiger partial charge is 0.267 e. The maximum atomic E-state index is 12.4. The predicted molar refractivity (Wildman–Crippen MR) is 82.8 cm³/mol. The van der Waals surface area contributed by atoms with Crippen molar-refractivity contribution < 1.29 is 14.3 Å². The first kappa shape index (κ1) is 15.5. The molecule has 2 heterocycles. The van der Waals surface area contributed by atoms with Crippen molar-refractivity contribution in [1.29, 1.82) is 0 Å². The SMILES string of the molecule is CN1N=C(C(=O)N[C@H]2CCC[C@H]2Oc2cnn(C)c2)CCC1=O. The number of aryl methyl sites for hydroxylation is 1. The number of carbonyl (C=O) groups excluding carboxylic acids is 2. The molecular weight excluding hydrogens is 298 g/mol. The number of ether oxygens (including phenoxy) is 1. The van der Waals surface area contributed by atoms with Crippen LogP contribution < -0.4 is 10.1 Å². The molecule has 0 saturated heterocycles. The number of amides is 2. The molecule has 8 nitrogen and oxygen atoms in total. The first-order chi connectivity index (χ1) is 11.0. The van der Waals surface area contributed by atoms with Crippen molar-refractivity contribution in [1.82, 2.24) is 20.1 Å². The van der Waals surface area contributed by atoms with Crippen LogP contribution in [0.3, 0.4) is 0 Å². The van der Waals surface area contributed by atoms with E-state index in [0.717, 1.165) is 19.3 Å². The maximum absolute atomic E-state index is 12.4. The van der Waals surface area contributed by atoms with Crippen LogP contribution in [-0.2, 0) is 16.6 Å². The molecule has 0 spiro atoms. The number of hydrogen-bond donors (Lipinski definition) is 1. The van der Waals surface area contributed by atoms with Gasteiger partial charge in [-0.15, -0.1) is 0 Å². The summed E-state index contributed by atoms with van der Waals surface area (Å²) in [5.41, 5.74) is 0.402. The van der Waals surface area contributed by atoms with Crippen molar-refractivity contribution in [2.75, 3.05) is 7.05 Å². The zero-order valence-electron chi connectivity index (χ0n) is 13.4. The third-order valence-electron chi connectivity index (χ3n) is 4.21. The number of carbonyl (C=O) groups is 2. The molecule has 1 N–H and O–H groups in total. The molecule has 1 aromatic rings. The molecule has 3 rings (SSSR count). The molecule has 1 saturated carbocycles. The van der Waals surface area contributed by atoms with Gasteiger partial charge < -0.3 is 10.1 Å². The van der Waals surface area contributed by atoms with Gasteiger partial charge in [0.25, 0.3) is 5.91 Å². The minimum absolute atomic E-state index is 0.0478. The number of rotatable bonds is 4. The lowest BCUT2D eigenvalue weighted by Gasteiger charge is -2.23. The maximum Gasteiger partial charge on any atom is 0.267 e. The van der Waals surface area contributed by atoms with E-state index in [0.29, 0.717) is 24.3 Å². The summed E-state index contributed by atoms with van der Waals surface area (Å²) >= 11 is 0. The molecule has 23 heavy (non-hydrogen) atoms. The highest BCUT2D eigenvalue weighted by molar-refractivity contribution is 6.39. The van der Waals surface area contributed by atoms with E-state index in [4.69, 9.17) is 4.74 Å². The zero-order chi connectivity index (χ0) is 16.4. The van der Waals surface area contributed by atoms with Gasteiger partial charge in [0.15, 0.2) is 5.75 Å². The Morgan fingerprint density at radius 2 is 2.17 bits per heavy atom. The highest BCUT2D eigenvalue weighted by Crippen LogP contribution is 2.24. The minimum atomic E-state index is -0.212. The molecule has 1 fully saturated rings. The Balaban J connectivity index is 1.61. The van der Waals surface area contributed by atoms with Crippen LogP contribution in [0.1, 0.15) is 32.1 Å². The van der Waals surface area contributed by atoms with Gasteiger partial charge in [-0.05, 0) is 19.3 Å². The lowest BCUT2D eigenvalue weighted by molar-refractivity contribution is -0.130. The number of nitrogens with one attached hydrogen (secondary N) is 1. The third kappa shape index (κ3) is 3.52. The summed E-state index contributed by atoms with van der Waals surface area (Å²) in [6.45, 7) is 0. The van der Waals surface area contributed by atoms with Crippen LogP contribution in [0.25, 0.3) is 0 Å². The molecule has 8 heteroatoms. The second kappa shape index (κ2) is 6.39. The first-order valence-corrected chi connectivity index (χ1v) is 7.83. The predicted octanol–water partition coefficient (Wildman–Crippen LogP) is 0.444. The van der Waals surface area contributed by atoms with Crippen molar-refractivity contribution in [2.24, 2.45) is 12.1 Å². The molecule has 0 radical (unpaired) electrons. The lowest BCUT2D eigenvalue weighted by Crippen LogP contribution is -2.46. The van der Waals surface area contributed by atoms with E-state index >= 15 is 0 Å². The van der Waals surface area contributed by atoms with E-state index in [1.54, 1.807) is 17.9 Å². The Morgan fingerprint density at radius 3 is 2.87 bits per heavy atom. The van der Waals surface area contributed by atoms with Gasteiger partial charge >= 0.3 is 0 Å². The average Bonchev–Trinajstić information content (AvgIpc) is 3.12. The second-order valence-electron chi connectivity index (χ2n) is 5.98. The summed E-state index contributed by atoms with van der Waals surface area (Å²) in [5, 5.41) is 12.4. The summed E-state index contributed by atoms with van der Waals surface area (Å²) < 4.78 is 7.61. The van der Waals surface area contributed by atoms with Crippen molar-refractivity contribution in [2.45, 2.75) is 44.2 Å². The number of aromatic nitrogens is 2. The van der Waals surface area contributed by atoms with Crippen LogP contribution in [0.15, 0.2) is 17.5 Å². The fourth-order valence-electron chi connectivity index (χ4n) is 2.95. The Morgan fingerprint density at radius 1 is 1.35 bits per heavy atom. The zero-order valence-corrected chi connectivity index (χ0v) is 13.4. The van der Waals surface area contributed by atoms with E-state index < -0.39 is 0 Å². The van der Waals surface area contributed by atoms with E-state index in [-0.39, 0.29) is 24.0 Å². The van der Waals surface area contributed by atoms with Crippen LogP contribution >= 0.6 is 0 Å². The number of hydrazone groups is 1. The quantitative estimate of drug-likeness (QED) is 0.872. The first-order valence-electron chi connectivity index (χ1n) is 7.83. The van der Waals surface area contributed by atoms with Gasteiger partial charge in [-0.1, -0.05) is 0 Å². The number of nitrogens with zero attached hydrogens (tertiary/aromatic N) is 4. The second-order valence-corrected chi connectivity index (χ2v) is 5.98. The summed E-state index contributed by atoms with van der Waals surface area (Å²) in [6, 6.07) is -0.0478. The van der Waals surface area contributed by atoms with Crippen molar-refractivity contribution in [3.8, 4) is 5.75 Å². The molecule has 2 amide bonds. The van der Waals surface area contributed by atoms with Gasteiger partial charge in [0, 0.05) is 26.9 Å². The standard InChI is InChI=1S/C15H21N5O3/c1-19-9-10(8-16-19)23-13-5-3-4-11(13)17-15(22)12-6-7-14(21)20(2)18-12/h8-9,11,13H,3-7H2,1-2H3,(H,17,22)/t11-,13+/m0/s1. The van der Waals surface area contributed by atoms with Crippen molar-refractivity contribution in [3.05, 3.63) is 12.4 Å². The van der Waals surface area contributed by atoms with Gasteiger partial charge in [-0.2, -0.15) is 10.2 Å². The molecule has 2 aliphatic rings. The van der Waals surface area contributed by atoms with Gasteiger partial charge in [-0.3, -0.25) is 14.3 Å². The monoisotopic (exact) mass is 319 g/mol. The molecule has 1 aromatic heterocycles. The highest BCUT2D eigenvalue weighted by Gasteiger charge is 2.32. The fourth-order valence-corrected chi connectivity index (χ4v) is 2.95.